The van der Waals surface area contributed by atoms with Gasteiger partial charge in [-0.1, -0.05) is 12.1 Å². The van der Waals surface area contributed by atoms with Gasteiger partial charge in [0.05, 0.1) is 26.3 Å². The molecule has 0 spiro atoms. The molecule has 0 bridgehead atoms. The fourth-order valence-electron chi connectivity index (χ4n) is 2.03. The van der Waals surface area contributed by atoms with Crippen molar-refractivity contribution in [1.82, 2.24) is 14.7 Å². The number of halogens is 1. The van der Waals surface area contributed by atoms with E-state index in [0.29, 0.717) is 10.7 Å². The number of benzene rings is 1. The molecule has 0 amide bonds. The van der Waals surface area contributed by atoms with Gasteiger partial charge in [-0.05, 0) is 41.1 Å². The van der Waals surface area contributed by atoms with Gasteiger partial charge in [0.2, 0.25) is 10.0 Å². The number of nitrogens with zero attached hydrogens (tertiary/aromatic N) is 1. The van der Waals surface area contributed by atoms with E-state index < -0.39 is 10.0 Å². The van der Waals surface area contributed by atoms with Gasteiger partial charge in [-0.15, -0.1) is 11.3 Å². The maximum Gasteiger partial charge on any atom is 0.242 e. The van der Waals surface area contributed by atoms with Crippen LogP contribution < -0.4 is 4.72 Å². The number of sulfonamides is 1. The summed E-state index contributed by atoms with van der Waals surface area (Å²) in [6.07, 6.45) is 0. The highest BCUT2D eigenvalue weighted by Crippen LogP contribution is 2.29. The zero-order valence-corrected chi connectivity index (χ0v) is 14.3. The first-order valence-electron chi connectivity index (χ1n) is 6.15. The molecule has 3 rings (SSSR count). The van der Waals surface area contributed by atoms with E-state index >= 15 is 0 Å². The SMILES string of the molecule is Cc1sc(Br)cc1S(=O)(=O)NCc1nc2ccccc2[nH]1. The lowest BCUT2D eigenvalue weighted by atomic mass is 10.3. The minimum absolute atomic E-state index is 0.129. The Morgan fingerprint density at radius 3 is 2.81 bits per heavy atom. The molecule has 2 N–H and O–H groups in total. The van der Waals surface area contributed by atoms with Crippen LogP contribution in [0.15, 0.2) is 39.0 Å². The summed E-state index contributed by atoms with van der Waals surface area (Å²) in [4.78, 5) is 8.49. The second-order valence-corrected chi connectivity index (χ2v) is 8.87. The van der Waals surface area contributed by atoms with Gasteiger partial charge >= 0.3 is 0 Å². The zero-order valence-electron chi connectivity index (χ0n) is 11.1. The Morgan fingerprint density at radius 1 is 1.38 bits per heavy atom. The average molecular weight is 386 g/mol. The molecule has 0 aliphatic heterocycles. The monoisotopic (exact) mass is 385 g/mol. The van der Waals surface area contributed by atoms with Crippen molar-refractivity contribution in [3.63, 3.8) is 0 Å². The lowest BCUT2D eigenvalue weighted by Crippen LogP contribution is -2.23. The van der Waals surface area contributed by atoms with Gasteiger partial charge in [-0.3, -0.25) is 0 Å². The van der Waals surface area contributed by atoms with E-state index in [1.807, 2.05) is 24.3 Å². The van der Waals surface area contributed by atoms with Gasteiger partial charge in [-0.25, -0.2) is 18.1 Å². The van der Waals surface area contributed by atoms with Gasteiger partial charge in [0, 0.05) is 4.88 Å². The van der Waals surface area contributed by atoms with Crippen molar-refractivity contribution in [1.29, 1.82) is 0 Å². The first kappa shape index (κ1) is 14.7. The van der Waals surface area contributed by atoms with Crippen LogP contribution in [-0.2, 0) is 16.6 Å². The van der Waals surface area contributed by atoms with E-state index in [-0.39, 0.29) is 6.54 Å². The van der Waals surface area contributed by atoms with Gasteiger partial charge in [0.15, 0.2) is 0 Å². The standard InChI is InChI=1S/C13H12BrN3O2S2/c1-8-11(6-12(14)20-8)21(18,19)15-7-13-16-9-4-2-3-5-10(9)17-13/h2-6,15H,7H2,1H3,(H,16,17). The minimum atomic E-state index is -3.54. The maximum atomic E-state index is 12.3. The number of thiophene rings is 1. The topological polar surface area (TPSA) is 74.8 Å². The van der Waals surface area contributed by atoms with Crippen LogP contribution in [0.2, 0.25) is 0 Å². The highest BCUT2D eigenvalue weighted by atomic mass is 79.9. The van der Waals surface area contributed by atoms with Gasteiger partial charge in [0.1, 0.15) is 5.82 Å². The van der Waals surface area contributed by atoms with Crippen LogP contribution in [-0.4, -0.2) is 18.4 Å². The van der Waals surface area contributed by atoms with Crippen molar-refractivity contribution < 1.29 is 8.42 Å². The smallest absolute Gasteiger partial charge is 0.242 e. The van der Waals surface area contributed by atoms with Gasteiger partial charge in [-0.2, -0.15) is 0 Å². The van der Waals surface area contributed by atoms with Crippen molar-refractivity contribution in [2.45, 2.75) is 18.4 Å². The number of aryl methyl sites for hydroxylation is 1. The maximum absolute atomic E-state index is 12.3. The summed E-state index contributed by atoms with van der Waals surface area (Å²) in [6, 6.07) is 9.19. The molecule has 0 radical (unpaired) electrons. The van der Waals surface area contributed by atoms with Crippen LogP contribution in [0.4, 0.5) is 0 Å². The number of aromatic nitrogens is 2. The second kappa shape index (κ2) is 5.53. The van der Waals surface area contributed by atoms with Crippen LogP contribution >= 0.6 is 27.3 Å². The number of para-hydroxylation sites is 2. The van der Waals surface area contributed by atoms with Crippen LogP contribution in [0.3, 0.4) is 0 Å². The molecule has 8 heteroatoms. The Morgan fingerprint density at radius 2 is 2.14 bits per heavy atom. The molecule has 0 unspecified atom stereocenters. The summed E-state index contributed by atoms with van der Waals surface area (Å²) in [7, 11) is -3.54. The molecular formula is C13H12BrN3O2S2. The molecule has 1 aromatic carbocycles. The van der Waals surface area contributed by atoms with E-state index in [1.54, 1.807) is 13.0 Å². The number of hydrogen-bond acceptors (Lipinski definition) is 4. The Balaban J connectivity index is 1.82. The van der Waals surface area contributed by atoms with Crippen molar-refractivity contribution in [2.75, 3.05) is 0 Å². The third-order valence-electron chi connectivity index (χ3n) is 3.00. The summed E-state index contributed by atoms with van der Waals surface area (Å²) >= 11 is 4.70. The van der Waals surface area contributed by atoms with Gasteiger partial charge in [0.25, 0.3) is 0 Å². The molecule has 5 nitrogen and oxygen atoms in total. The second-order valence-electron chi connectivity index (χ2n) is 4.50. The van der Waals surface area contributed by atoms with Gasteiger partial charge < -0.3 is 4.98 Å². The Bertz CT molecular complexity index is 866. The van der Waals surface area contributed by atoms with E-state index in [4.69, 9.17) is 0 Å². The molecule has 0 saturated carbocycles. The highest BCUT2D eigenvalue weighted by molar-refractivity contribution is 9.11. The Hall–Kier alpha value is -1.22. The Kier molecular flexibility index (Phi) is 3.87. The molecule has 0 saturated heterocycles. The van der Waals surface area contributed by atoms with E-state index in [2.05, 4.69) is 30.6 Å². The number of nitrogens with one attached hydrogen (secondary N) is 2. The summed E-state index contributed by atoms with van der Waals surface area (Å²) in [5.41, 5.74) is 1.71. The lowest BCUT2D eigenvalue weighted by Gasteiger charge is -2.04. The molecule has 0 fully saturated rings. The number of fused-ring (bicyclic) bond motifs is 1. The molecule has 0 atom stereocenters. The minimum Gasteiger partial charge on any atom is -0.341 e. The molecule has 2 aromatic heterocycles. The number of aromatic amines is 1. The predicted molar refractivity (Wildman–Crippen MR) is 86.9 cm³/mol. The number of hydrogen-bond donors (Lipinski definition) is 2. The Labute approximate surface area is 134 Å². The first-order valence-corrected chi connectivity index (χ1v) is 9.24. The number of rotatable bonds is 4. The quantitative estimate of drug-likeness (QED) is 0.723. The summed E-state index contributed by atoms with van der Waals surface area (Å²) < 4.78 is 27.9. The van der Waals surface area contributed by atoms with Crippen molar-refractivity contribution >= 4 is 48.3 Å². The molecule has 21 heavy (non-hydrogen) atoms. The highest BCUT2D eigenvalue weighted by Gasteiger charge is 2.19. The molecule has 110 valence electrons. The van der Waals surface area contributed by atoms with E-state index in [9.17, 15) is 8.42 Å². The first-order chi connectivity index (χ1) is 9.95. The fraction of sp³-hybridized carbons (Fsp3) is 0.154. The predicted octanol–water partition coefficient (Wildman–Crippen LogP) is 3.17. The van der Waals surface area contributed by atoms with Crippen molar-refractivity contribution in [2.24, 2.45) is 0 Å². The third-order valence-corrected chi connectivity index (χ3v) is 6.21. The fourth-order valence-corrected chi connectivity index (χ4v) is 5.43. The van der Waals surface area contributed by atoms with Crippen LogP contribution in [0.5, 0.6) is 0 Å². The lowest BCUT2D eigenvalue weighted by molar-refractivity contribution is 0.579. The molecule has 2 heterocycles. The summed E-state index contributed by atoms with van der Waals surface area (Å²) in [5.74, 6) is 0.590. The molecule has 3 aromatic rings. The number of H-pyrrole nitrogens is 1. The zero-order chi connectivity index (χ0) is 15.0. The molecule has 0 aliphatic rings. The molecule has 0 aliphatic carbocycles. The normalized spacial score (nSPS) is 12.1. The van der Waals surface area contributed by atoms with Crippen LogP contribution in [0.1, 0.15) is 10.7 Å². The summed E-state index contributed by atoms with van der Waals surface area (Å²) in [5, 5.41) is 0. The molecular weight excluding hydrogens is 374 g/mol. The van der Waals surface area contributed by atoms with E-state index in [0.717, 1.165) is 19.7 Å². The van der Waals surface area contributed by atoms with Crippen molar-refractivity contribution in [3.05, 3.63) is 44.8 Å². The average Bonchev–Trinajstić information content (AvgIpc) is 2.99. The largest absolute Gasteiger partial charge is 0.341 e. The van der Waals surface area contributed by atoms with E-state index in [1.165, 1.54) is 11.3 Å². The summed E-state index contributed by atoms with van der Waals surface area (Å²) in [6.45, 7) is 1.91. The number of imidazole rings is 1. The van der Waals surface area contributed by atoms with Crippen molar-refractivity contribution in [3.8, 4) is 0 Å². The van der Waals surface area contributed by atoms with Crippen LogP contribution in [0.25, 0.3) is 11.0 Å². The van der Waals surface area contributed by atoms with Crippen LogP contribution in [0, 0.1) is 6.92 Å². The third kappa shape index (κ3) is 3.03.